The van der Waals surface area contributed by atoms with Crippen LogP contribution in [-0.2, 0) is 61.6 Å². The van der Waals surface area contributed by atoms with Crippen LogP contribution in [0.15, 0.2) is 62.8 Å². The number of carbonyl (C=O) groups excluding carboxylic acids is 5. The molecular formula is C87H159BrN5NaO21. The number of aliphatic hydroxyl groups excluding tert-OH is 3. The number of aliphatic hydroxyl groups is 3. The van der Waals surface area contributed by atoms with Gasteiger partial charge >= 0.3 is 60.0 Å². The van der Waals surface area contributed by atoms with Gasteiger partial charge in [-0.3, -0.25) is 19.6 Å². The van der Waals surface area contributed by atoms with Crippen LogP contribution in [0.5, 0.6) is 0 Å². The first-order valence-electron chi connectivity index (χ1n) is 41.2. The number of rotatable bonds is 22. The van der Waals surface area contributed by atoms with Crippen LogP contribution in [0.2, 0.25) is 0 Å². The molecule has 0 bridgehead atoms. The van der Waals surface area contributed by atoms with Gasteiger partial charge in [0.1, 0.15) is 50.9 Å². The molecule has 7 heterocycles. The Morgan fingerprint density at radius 2 is 0.843 bits per heavy atom. The van der Waals surface area contributed by atoms with Crippen LogP contribution in [0.3, 0.4) is 0 Å². The molecule has 7 aliphatic heterocycles. The van der Waals surface area contributed by atoms with Gasteiger partial charge in [-0.05, 0) is 266 Å². The van der Waals surface area contributed by atoms with Crippen molar-refractivity contribution in [2.45, 2.75) is 330 Å². The van der Waals surface area contributed by atoms with Gasteiger partial charge in [-0.2, -0.15) is 0 Å². The molecule has 26 nitrogen and oxygen atoms in total. The van der Waals surface area contributed by atoms with E-state index in [1.165, 1.54) is 12.8 Å². The van der Waals surface area contributed by atoms with E-state index in [4.69, 9.17) is 66.7 Å². The van der Waals surface area contributed by atoms with Crippen LogP contribution in [0.4, 0.5) is 24.0 Å². The minimum Gasteiger partial charge on any atom is -1.00 e. The number of nitrogens with zero attached hydrogens (tertiary/aromatic N) is 4. The Kier molecular flexibility index (Phi) is 51.9. The van der Waals surface area contributed by atoms with Crippen molar-refractivity contribution in [1.82, 2.24) is 24.9 Å². The molecule has 0 unspecified atom stereocenters. The van der Waals surface area contributed by atoms with Crippen LogP contribution in [0.25, 0.3) is 0 Å². The van der Waals surface area contributed by atoms with E-state index in [0.717, 1.165) is 109 Å². The van der Waals surface area contributed by atoms with Crippen LogP contribution in [0.1, 0.15) is 251 Å². The van der Waals surface area contributed by atoms with Crippen LogP contribution in [-0.4, -0.2) is 251 Å². The number of hydrogen-bond acceptors (Lipinski definition) is 21. The Morgan fingerprint density at radius 1 is 0.487 bits per heavy atom. The Bertz CT molecular complexity index is 2820. The van der Waals surface area contributed by atoms with E-state index in [0.29, 0.717) is 77.0 Å². The molecule has 4 N–H and O–H groups in total. The number of nitrogens with one attached hydrogen (secondary N) is 1. The molecule has 0 aliphatic carbocycles. The third-order valence-corrected chi connectivity index (χ3v) is 19.3. The summed E-state index contributed by atoms with van der Waals surface area (Å²) >= 11 is 3.13. The van der Waals surface area contributed by atoms with Gasteiger partial charge in [0.15, 0.2) is 0 Å². The van der Waals surface area contributed by atoms with Gasteiger partial charge in [0.05, 0.1) is 89.7 Å². The Hall–Kier alpha value is -3.91. The summed E-state index contributed by atoms with van der Waals surface area (Å²) in [6.45, 7) is 65.6. The topological polar surface area (TPSA) is 291 Å². The number of allylic oxidation sites excluding steroid dienone is 4. The van der Waals surface area contributed by atoms with Gasteiger partial charge in [0, 0.05) is 45.5 Å². The van der Waals surface area contributed by atoms with Gasteiger partial charge in [-0.1, -0.05) is 65.2 Å². The predicted octanol–water partition coefficient (Wildman–Crippen LogP) is 14.4. The standard InChI is InChI=1S/C19H33NO4.C17H31NO4.C17H29NO4.C16H29NO4.C14H27NO4.C3H5Br.CH4O.Na.H/c1-8-10-15(13-22-11-9-2)12-16-14-23-19(6,7)20(16)17(21)24-18(3,4)5;2*1-16(2,3)22-15(19)18-14(12-21-17(18,4)5)10-13-8-6-7-9-20-11-13;1-7-8-12(10-18)9-13-11-20-16(5,6)17(13)14(19)21-15(2,3)4;1-14(2,3)19-13(17)15-12(9-16)8-11-6-4-5-7-18-10-11;1-2-3-4;1-2;;/h8-9,15-16H,1-2,10-14H2,3-7H3;13-14H,6-12H2,1-5H3;6-7,13-14H,8-12H2,1-5H3;7,12-13,18H,1,8-11H2,2-6H3;11-12,16H,4-10H2,1-3H3,(H,15,17);2H,1,3H2;2H,1H3;;/q;;;;;;;+1;-1/t15-,16+;2*13-,14+;12-,13+;11-,12+;;;;/m11111..../s1. The van der Waals surface area contributed by atoms with Gasteiger partial charge in [0.2, 0.25) is 0 Å². The van der Waals surface area contributed by atoms with Crippen molar-refractivity contribution >= 4 is 46.4 Å². The average molecular weight is 1710 g/mol. The first-order valence-corrected chi connectivity index (χ1v) is 42.3. The summed E-state index contributed by atoms with van der Waals surface area (Å²) in [7, 11) is 1.00. The summed E-state index contributed by atoms with van der Waals surface area (Å²) in [5.41, 5.74) is -5.21. The molecule has 0 aromatic carbocycles. The molecule has 0 aromatic rings. The Labute approximate surface area is 726 Å². The largest absolute Gasteiger partial charge is 1.00 e. The van der Waals surface area contributed by atoms with E-state index in [9.17, 15) is 34.2 Å². The molecule has 666 valence electrons. The smallest absolute Gasteiger partial charge is 1.00 e. The van der Waals surface area contributed by atoms with E-state index >= 15 is 0 Å². The summed E-state index contributed by atoms with van der Waals surface area (Å²) in [6.07, 6.45) is 23.0. The van der Waals surface area contributed by atoms with Crippen molar-refractivity contribution in [3.63, 3.8) is 0 Å². The molecule has 28 heteroatoms. The minimum absolute atomic E-state index is 0. The number of alkyl carbamates (subject to hydrolysis) is 1. The maximum absolute atomic E-state index is 12.6. The normalized spacial score (nSPS) is 23.7. The summed E-state index contributed by atoms with van der Waals surface area (Å²) < 4.78 is 73.0. The molecule has 0 saturated carbocycles. The first-order chi connectivity index (χ1) is 52.9. The molecular weight excluding hydrogens is 1550 g/mol. The second kappa shape index (κ2) is 53.8. The summed E-state index contributed by atoms with van der Waals surface area (Å²) in [5, 5.41) is 29.4. The molecule has 10 atom stereocenters. The quantitative estimate of drug-likeness (QED) is 0.0257. The number of amides is 5. The van der Waals surface area contributed by atoms with Crippen LogP contribution < -0.4 is 34.9 Å². The molecule has 115 heavy (non-hydrogen) atoms. The Balaban J connectivity index is 0. The first kappa shape index (κ1) is 111. The fourth-order valence-corrected chi connectivity index (χ4v) is 14.0. The second-order valence-electron chi connectivity index (χ2n) is 37.0. The van der Waals surface area contributed by atoms with E-state index in [1.54, 1.807) is 37.8 Å². The van der Waals surface area contributed by atoms with Crippen LogP contribution in [0, 0.1) is 29.6 Å². The number of halogens is 1. The predicted molar refractivity (Wildman–Crippen MR) is 453 cm³/mol. The van der Waals surface area contributed by atoms with Gasteiger partial charge < -0.3 is 83.6 Å². The Morgan fingerprint density at radius 3 is 1.22 bits per heavy atom. The van der Waals surface area contributed by atoms with Crippen molar-refractivity contribution in [3.05, 3.63) is 62.8 Å². The van der Waals surface area contributed by atoms with Crippen molar-refractivity contribution in [2.75, 3.05) is 105 Å². The van der Waals surface area contributed by atoms with Gasteiger partial charge in [-0.25, -0.2) is 24.0 Å². The summed E-state index contributed by atoms with van der Waals surface area (Å²) in [5.74, 6) is 1.65. The second-order valence-corrected chi connectivity index (χ2v) is 37.6. The minimum atomic E-state index is -0.693. The number of alkyl halides is 1. The van der Waals surface area contributed by atoms with Gasteiger partial charge in [-0.15, -0.1) is 26.3 Å². The maximum atomic E-state index is 12.6. The van der Waals surface area contributed by atoms with E-state index < -0.39 is 57.0 Å². The molecule has 7 aliphatic rings. The van der Waals surface area contributed by atoms with Crippen molar-refractivity contribution in [2.24, 2.45) is 29.6 Å². The number of carbonyl (C=O) groups is 5. The molecule has 7 rings (SSSR count). The summed E-state index contributed by atoms with van der Waals surface area (Å²) in [4.78, 5) is 68.8. The monoisotopic (exact) mass is 1710 g/mol. The average Bonchev–Trinajstić information content (AvgIpc) is 1.66. The van der Waals surface area contributed by atoms with Crippen molar-refractivity contribution < 1.29 is 132 Å². The van der Waals surface area contributed by atoms with Gasteiger partial charge in [0.25, 0.3) is 0 Å². The van der Waals surface area contributed by atoms with Crippen molar-refractivity contribution in [3.8, 4) is 0 Å². The molecule has 6 saturated heterocycles. The zero-order valence-corrected chi connectivity index (χ0v) is 79.5. The zero-order chi connectivity index (χ0) is 87.1. The molecule has 0 spiro atoms. The molecule has 0 aromatic heterocycles. The summed E-state index contributed by atoms with van der Waals surface area (Å²) in [6, 6.07) is -0.290. The zero-order valence-electron chi connectivity index (χ0n) is 76.9. The van der Waals surface area contributed by atoms with E-state index in [1.807, 2.05) is 165 Å². The fraction of sp³-hybridized carbons (Fsp3) is 0.828. The number of ether oxygens (including phenoxy) is 13. The van der Waals surface area contributed by atoms with Crippen molar-refractivity contribution in [1.29, 1.82) is 0 Å². The molecule has 6 fully saturated rings. The number of hydrogen-bond donors (Lipinski definition) is 4. The molecule has 0 radical (unpaired) electrons. The molecule has 5 amide bonds. The third-order valence-electron chi connectivity index (χ3n) is 18.8. The van der Waals surface area contributed by atoms with Crippen LogP contribution >= 0.6 is 15.9 Å². The van der Waals surface area contributed by atoms with E-state index in [-0.39, 0.29) is 111 Å². The maximum Gasteiger partial charge on any atom is 1.00 e. The third kappa shape index (κ3) is 45.5. The van der Waals surface area contributed by atoms with E-state index in [2.05, 4.69) is 59.7 Å². The fourth-order valence-electron chi connectivity index (χ4n) is 14.0. The SMILES string of the molecule is C=CCBr.C=CCOC[C@H](CC=C)C[C@H]1COC(C)(C)N1C(=O)OC(C)(C)C.C=CC[C@@H](CO)C[C@H]1COC(C)(C)N1C(=O)OC(C)(C)C.CC(C)(C)OC(=O)N1[C@@H](C[C@H]2CC=CCOC2)COC1(C)C.CC(C)(C)OC(=O)N1[C@@H](C[C@H]2CCCCOC2)COC1(C)C.CC(C)(C)OC(=O)N[C@H](CO)C[C@H]1CCCCOC1.CO.[H-].[Na+].